The van der Waals surface area contributed by atoms with Crippen molar-refractivity contribution in [3.63, 3.8) is 0 Å². The summed E-state index contributed by atoms with van der Waals surface area (Å²) in [7, 11) is 0. The fraction of sp³-hybridized carbons (Fsp3) is 0.750. The Balaban J connectivity index is 2.87. The van der Waals surface area contributed by atoms with Crippen LogP contribution in [0.5, 0.6) is 0 Å². The summed E-state index contributed by atoms with van der Waals surface area (Å²) in [6, 6.07) is -0.884. The van der Waals surface area contributed by atoms with Crippen molar-refractivity contribution in [2.24, 2.45) is 17.3 Å². The third kappa shape index (κ3) is 7.71. The molecule has 154 valence electrons. The Morgan fingerprint density at radius 2 is 1.81 bits per heavy atom. The van der Waals surface area contributed by atoms with Gasteiger partial charge in [0.25, 0.3) is 0 Å². The van der Waals surface area contributed by atoms with Crippen molar-refractivity contribution in [2.45, 2.75) is 72.4 Å². The highest BCUT2D eigenvalue weighted by Gasteiger charge is 2.41. The highest BCUT2D eigenvalue weighted by Crippen LogP contribution is 2.27. The van der Waals surface area contributed by atoms with E-state index < -0.39 is 23.3 Å². The Hall–Kier alpha value is -1.89. The molecular formula is C20H35N3O4. The minimum Gasteiger partial charge on any atom is -0.352 e. The van der Waals surface area contributed by atoms with Crippen LogP contribution in [0.3, 0.4) is 0 Å². The molecule has 1 saturated carbocycles. The van der Waals surface area contributed by atoms with Gasteiger partial charge >= 0.3 is 0 Å². The van der Waals surface area contributed by atoms with Gasteiger partial charge in [-0.25, -0.2) is 5.06 Å². The monoisotopic (exact) mass is 381 g/mol. The van der Waals surface area contributed by atoms with Crippen LogP contribution in [-0.2, 0) is 14.4 Å². The first-order valence-electron chi connectivity index (χ1n) is 9.67. The largest absolute Gasteiger partial charge is 0.352 e. The summed E-state index contributed by atoms with van der Waals surface area (Å²) in [5.41, 5.74) is -0.651. The lowest BCUT2D eigenvalue weighted by atomic mass is 9.85. The van der Waals surface area contributed by atoms with E-state index in [0.29, 0.717) is 18.0 Å². The van der Waals surface area contributed by atoms with E-state index in [9.17, 15) is 19.6 Å². The molecule has 0 saturated heterocycles. The molecule has 0 aromatic rings. The molecule has 27 heavy (non-hydrogen) atoms. The number of hydroxylamine groups is 2. The molecule has 1 rings (SSSR count). The second kappa shape index (κ2) is 9.88. The molecule has 1 fully saturated rings. The van der Waals surface area contributed by atoms with Crippen molar-refractivity contribution in [1.29, 1.82) is 0 Å². The fourth-order valence-corrected chi connectivity index (χ4v) is 3.00. The summed E-state index contributed by atoms with van der Waals surface area (Å²) >= 11 is 0. The van der Waals surface area contributed by atoms with Crippen LogP contribution in [0.4, 0.5) is 0 Å². The quantitative estimate of drug-likeness (QED) is 0.307. The lowest BCUT2D eigenvalue weighted by Gasteiger charge is -2.35. The van der Waals surface area contributed by atoms with Gasteiger partial charge in [-0.15, -0.1) is 6.58 Å². The van der Waals surface area contributed by atoms with E-state index in [2.05, 4.69) is 17.2 Å². The van der Waals surface area contributed by atoms with Crippen molar-refractivity contribution >= 4 is 17.7 Å². The van der Waals surface area contributed by atoms with E-state index in [4.69, 9.17) is 0 Å². The first-order chi connectivity index (χ1) is 12.5. The number of amides is 3. The van der Waals surface area contributed by atoms with Crippen molar-refractivity contribution in [3.05, 3.63) is 12.7 Å². The zero-order chi connectivity index (χ0) is 20.8. The summed E-state index contributed by atoms with van der Waals surface area (Å²) in [5, 5.41) is 16.6. The predicted molar refractivity (Wildman–Crippen MR) is 104 cm³/mol. The normalized spacial score (nSPS) is 16.4. The molecule has 3 N–H and O–H groups in total. The van der Waals surface area contributed by atoms with Crippen LogP contribution in [0.2, 0.25) is 0 Å². The lowest BCUT2D eigenvalue weighted by molar-refractivity contribution is -0.190. The van der Waals surface area contributed by atoms with Gasteiger partial charge in [-0.2, -0.15) is 0 Å². The standard InChI is InChI=1S/C20H35N3O4/c1-7-10-21-18(25)14(11-13(2)3)12-16(24)23(27)17(20(4,5)6)19(26)22-15-8-9-15/h7,13-15,17,27H,1,8-12H2,2-6H3,(H,21,25)(H,22,26)/t14-,17?/m1/s1. The van der Waals surface area contributed by atoms with Gasteiger partial charge in [-0.1, -0.05) is 40.7 Å². The Morgan fingerprint density at radius 3 is 2.26 bits per heavy atom. The van der Waals surface area contributed by atoms with E-state index in [1.165, 1.54) is 0 Å². The van der Waals surface area contributed by atoms with E-state index in [1.807, 2.05) is 13.8 Å². The molecule has 0 spiro atoms. The van der Waals surface area contributed by atoms with Crippen molar-refractivity contribution in [1.82, 2.24) is 15.7 Å². The topological polar surface area (TPSA) is 98.7 Å². The molecule has 1 aliphatic carbocycles. The van der Waals surface area contributed by atoms with Gasteiger partial charge in [-0.3, -0.25) is 19.6 Å². The Bertz CT molecular complexity index is 550. The minimum atomic E-state index is -1.01. The number of carbonyl (C=O) groups is 3. The maximum absolute atomic E-state index is 12.7. The molecule has 7 nitrogen and oxygen atoms in total. The molecule has 0 radical (unpaired) electrons. The number of hydrogen-bond donors (Lipinski definition) is 3. The summed E-state index contributed by atoms with van der Waals surface area (Å²) < 4.78 is 0. The average molecular weight is 382 g/mol. The van der Waals surface area contributed by atoms with Crippen molar-refractivity contribution in [3.8, 4) is 0 Å². The van der Waals surface area contributed by atoms with Crippen LogP contribution >= 0.6 is 0 Å². The predicted octanol–water partition coefficient (Wildman–Crippen LogP) is 2.25. The first-order valence-corrected chi connectivity index (χ1v) is 9.67. The number of nitrogens with zero attached hydrogens (tertiary/aromatic N) is 1. The summed E-state index contributed by atoms with van der Waals surface area (Å²) in [5.74, 6) is -1.60. The molecule has 0 bridgehead atoms. The van der Waals surface area contributed by atoms with E-state index in [-0.39, 0.29) is 30.2 Å². The van der Waals surface area contributed by atoms with Crippen LogP contribution in [0.15, 0.2) is 12.7 Å². The smallest absolute Gasteiger partial charge is 0.247 e. The van der Waals surface area contributed by atoms with Crippen molar-refractivity contribution < 1.29 is 19.6 Å². The molecular weight excluding hydrogens is 346 g/mol. The van der Waals surface area contributed by atoms with Gasteiger partial charge in [0, 0.05) is 24.9 Å². The minimum absolute atomic E-state index is 0.129. The summed E-state index contributed by atoms with van der Waals surface area (Å²) in [6.45, 7) is 13.2. The second-order valence-electron chi connectivity index (χ2n) is 8.85. The molecule has 0 aliphatic heterocycles. The Morgan fingerprint density at radius 1 is 1.22 bits per heavy atom. The van der Waals surface area contributed by atoms with Crippen molar-refractivity contribution in [2.75, 3.05) is 6.54 Å². The van der Waals surface area contributed by atoms with Gasteiger partial charge in [0.15, 0.2) is 0 Å². The maximum Gasteiger partial charge on any atom is 0.247 e. The molecule has 0 heterocycles. The lowest BCUT2D eigenvalue weighted by Crippen LogP contribution is -2.55. The van der Waals surface area contributed by atoms with Crippen LogP contribution in [-0.4, -0.2) is 46.6 Å². The highest BCUT2D eigenvalue weighted by molar-refractivity contribution is 5.90. The van der Waals surface area contributed by atoms with E-state index >= 15 is 0 Å². The third-order valence-electron chi connectivity index (χ3n) is 4.46. The zero-order valence-corrected chi connectivity index (χ0v) is 17.2. The van der Waals surface area contributed by atoms with Crippen LogP contribution < -0.4 is 10.6 Å². The third-order valence-corrected chi connectivity index (χ3v) is 4.46. The molecule has 1 aliphatic rings. The van der Waals surface area contributed by atoms with Gasteiger partial charge in [-0.05, 0) is 30.6 Å². The number of carbonyl (C=O) groups excluding carboxylic acids is 3. The molecule has 1 unspecified atom stereocenters. The molecule has 7 heteroatoms. The number of nitrogens with one attached hydrogen (secondary N) is 2. The molecule has 3 amide bonds. The van der Waals surface area contributed by atoms with E-state index in [0.717, 1.165) is 12.8 Å². The zero-order valence-electron chi connectivity index (χ0n) is 17.2. The van der Waals surface area contributed by atoms with Crippen LogP contribution in [0.1, 0.15) is 60.3 Å². The van der Waals surface area contributed by atoms with Gasteiger partial charge in [0.2, 0.25) is 17.7 Å². The molecule has 2 atom stereocenters. The highest BCUT2D eigenvalue weighted by atomic mass is 16.5. The summed E-state index contributed by atoms with van der Waals surface area (Å²) in [4.78, 5) is 37.6. The molecule has 0 aromatic carbocycles. The Labute approximate surface area is 162 Å². The average Bonchev–Trinajstić information content (AvgIpc) is 3.33. The maximum atomic E-state index is 12.7. The number of hydrogen-bond acceptors (Lipinski definition) is 4. The SMILES string of the molecule is C=CCNC(=O)[C@@H](CC(=O)N(O)C(C(=O)NC1CC1)C(C)(C)C)CC(C)C. The summed E-state index contributed by atoms with van der Waals surface area (Å²) in [6.07, 6.45) is 3.77. The first kappa shape index (κ1) is 23.1. The molecule has 0 aromatic heterocycles. The van der Waals surface area contributed by atoms with Gasteiger partial charge < -0.3 is 10.6 Å². The second-order valence-corrected chi connectivity index (χ2v) is 8.85. The van der Waals surface area contributed by atoms with Crippen LogP contribution in [0.25, 0.3) is 0 Å². The van der Waals surface area contributed by atoms with E-state index in [1.54, 1.807) is 26.8 Å². The fourth-order valence-electron chi connectivity index (χ4n) is 3.00. The Kier molecular flexibility index (Phi) is 8.47. The van der Waals surface area contributed by atoms with Gasteiger partial charge in [0.1, 0.15) is 6.04 Å². The van der Waals surface area contributed by atoms with Gasteiger partial charge in [0.05, 0.1) is 0 Å². The van der Waals surface area contributed by atoms with Crippen LogP contribution in [0, 0.1) is 17.3 Å². The number of rotatable bonds is 10.